The zero-order valence-corrected chi connectivity index (χ0v) is 30.9. The van der Waals surface area contributed by atoms with Crippen molar-refractivity contribution in [1.82, 2.24) is 21.3 Å². The molecule has 4 bridgehead atoms. The number of carbonyl (C=O) groups is 4. The van der Waals surface area contributed by atoms with Gasteiger partial charge in [-0.05, 0) is 81.2 Å². The zero-order chi connectivity index (χ0) is 37.6. The minimum Gasteiger partial charge on any atom is -0.490 e. The maximum atomic E-state index is 13.7. The van der Waals surface area contributed by atoms with Gasteiger partial charge in [-0.1, -0.05) is 54.6 Å². The molecule has 0 unspecified atom stereocenters. The fourth-order valence-electron chi connectivity index (χ4n) is 6.74. The van der Waals surface area contributed by atoms with Crippen molar-refractivity contribution in [1.29, 1.82) is 0 Å². The second-order valence-corrected chi connectivity index (χ2v) is 13.7. The smallest absolute Gasteiger partial charge is 0.258 e. The van der Waals surface area contributed by atoms with Crippen LogP contribution in [-0.4, -0.2) is 74.7 Å². The Hall–Kier alpha value is -5.10. The van der Waals surface area contributed by atoms with Crippen LogP contribution in [0.4, 0.5) is 0 Å². The van der Waals surface area contributed by atoms with Gasteiger partial charge in [-0.2, -0.15) is 0 Å². The number of methoxy groups -OCH3 is 1. The molecule has 3 atom stereocenters. The van der Waals surface area contributed by atoms with Gasteiger partial charge in [0.05, 0.1) is 12.7 Å². The molecule has 12 nitrogen and oxygen atoms in total. The number of nitrogens with one attached hydrogen (secondary N) is 4. The van der Waals surface area contributed by atoms with E-state index in [0.717, 1.165) is 29.5 Å². The second-order valence-electron chi connectivity index (χ2n) is 13.7. The number of para-hydroxylation sites is 1. The summed E-state index contributed by atoms with van der Waals surface area (Å²) in [4.78, 5) is 53.6. The molecule has 1 fully saturated rings. The fraction of sp³-hybridized carbons (Fsp3) is 0.463. The highest BCUT2D eigenvalue weighted by Crippen LogP contribution is 2.33. The van der Waals surface area contributed by atoms with Gasteiger partial charge in [-0.3, -0.25) is 19.2 Å². The van der Waals surface area contributed by atoms with E-state index in [0.29, 0.717) is 49.7 Å². The maximum Gasteiger partial charge on any atom is 0.258 e. The molecule has 4 N–H and O–H groups in total. The topological polar surface area (TPSA) is 153 Å². The number of ether oxygens (including phenoxy) is 4. The molecule has 4 aliphatic heterocycles. The summed E-state index contributed by atoms with van der Waals surface area (Å²) in [7, 11) is 1.48. The van der Waals surface area contributed by atoms with E-state index in [-0.39, 0.29) is 55.7 Å². The molecule has 8 rings (SSSR count). The van der Waals surface area contributed by atoms with Crippen molar-refractivity contribution in [3.8, 4) is 17.2 Å². The Morgan fingerprint density at radius 1 is 0.792 bits per heavy atom. The molecule has 12 heteroatoms. The molecule has 284 valence electrons. The average Bonchev–Trinajstić information content (AvgIpc) is 3.16. The summed E-state index contributed by atoms with van der Waals surface area (Å²) in [5.41, 5.74) is 2.61. The predicted octanol–water partition coefficient (Wildman–Crippen LogP) is 4.03. The van der Waals surface area contributed by atoms with Crippen LogP contribution in [0, 0.1) is 5.92 Å². The van der Waals surface area contributed by atoms with Crippen molar-refractivity contribution >= 4 is 23.6 Å². The summed E-state index contributed by atoms with van der Waals surface area (Å²) in [5, 5.41) is 11.8. The lowest BCUT2D eigenvalue weighted by Gasteiger charge is -2.30. The van der Waals surface area contributed by atoms with E-state index in [1.54, 1.807) is 13.0 Å². The van der Waals surface area contributed by atoms with Gasteiger partial charge < -0.3 is 40.2 Å². The molecular formula is C41H52N4O8. The summed E-state index contributed by atoms with van der Waals surface area (Å²) in [6, 6.07) is 20.7. The maximum absolute atomic E-state index is 13.7. The summed E-state index contributed by atoms with van der Waals surface area (Å²) in [6.07, 6.45) is 3.32. The normalized spacial score (nSPS) is 22.8. The molecule has 0 saturated heterocycles. The summed E-state index contributed by atoms with van der Waals surface area (Å²) in [6.45, 7) is 4.39. The van der Waals surface area contributed by atoms with Gasteiger partial charge in [0.25, 0.3) is 5.91 Å². The highest BCUT2D eigenvalue weighted by Gasteiger charge is 2.32. The molecule has 3 aromatic carbocycles. The molecule has 4 amide bonds. The first-order valence-electron chi connectivity index (χ1n) is 18.5. The Kier molecular flexibility index (Phi) is 14.5. The van der Waals surface area contributed by atoms with E-state index >= 15 is 0 Å². The van der Waals surface area contributed by atoms with Crippen LogP contribution in [-0.2, 0) is 43.4 Å². The number of carbonyl (C=O) groups excluding carboxylic acids is 4. The van der Waals surface area contributed by atoms with Crippen molar-refractivity contribution in [2.75, 3.05) is 26.9 Å². The zero-order valence-electron chi connectivity index (χ0n) is 30.9. The van der Waals surface area contributed by atoms with Gasteiger partial charge >= 0.3 is 0 Å². The molecule has 0 aromatic heterocycles. The quantitative estimate of drug-likeness (QED) is 0.297. The van der Waals surface area contributed by atoms with E-state index in [2.05, 4.69) is 21.3 Å². The predicted molar refractivity (Wildman–Crippen MR) is 200 cm³/mol. The lowest BCUT2D eigenvalue weighted by molar-refractivity contribution is -0.135. The molecule has 53 heavy (non-hydrogen) atoms. The first-order valence-corrected chi connectivity index (χ1v) is 18.5. The number of hydrogen-bond acceptors (Lipinski definition) is 8. The highest BCUT2D eigenvalue weighted by atomic mass is 16.5. The Bertz CT molecular complexity index is 1660. The Balaban J connectivity index is 1.35. The first kappa shape index (κ1) is 39.1. The van der Waals surface area contributed by atoms with Crippen molar-refractivity contribution in [2.45, 2.75) is 89.6 Å². The van der Waals surface area contributed by atoms with E-state index in [9.17, 15) is 19.2 Å². The number of rotatable bonds is 6. The Morgan fingerprint density at radius 3 is 2.26 bits per heavy atom. The monoisotopic (exact) mass is 728 g/mol. The van der Waals surface area contributed by atoms with Gasteiger partial charge in [0.15, 0.2) is 18.1 Å². The SMILES string of the molecule is CCOc1cccc2c1OCC(=O)NC1CCC(CC1)CC(=O)N[C@@H]([C@@H](C)OC)C(=O)N[C@H](Cc1ccccc1)C(=O)NCCc1ccc(cc1)OC2. The molecule has 1 aliphatic carbocycles. The van der Waals surface area contributed by atoms with Crippen LogP contribution >= 0.6 is 0 Å². The Labute approximate surface area is 311 Å². The van der Waals surface area contributed by atoms with E-state index in [1.807, 2.05) is 73.7 Å². The second kappa shape index (κ2) is 19.7. The van der Waals surface area contributed by atoms with Crippen LogP contribution < -0.4 is 35.5 Å². The third-order valence-electron chi connectivity index (χ3n) is 9.78. The van der Waals surface area contributed by atoms with Crippen molar-refractivity contribution in [3.63, 3.8) is 0 Å². The molecule has 4 heterocycles. The lowest BCUT2D eigenvalue weighted by atomic mass is 9.84. The number of amides is 4. The van der Waals surface area contributed by atoms with E-state index in [1.165, 1.54) is 7.11 Å². The lowest BCUT2D eigenvalue weighted by Crippen LogP contribution is -2.58. The summed E-state index contributed by atoms with van der Waals surface area (Å²) < 4.78 is 23.5. The first-order chi connectivity index (χ1) is 25.7. The minimum absolute atomic E-state index is 0.0410. The van der Waals surface area contributed by atoms with Gasteiger partial charge in [0, 0.05) is 38.1 Å². The third-order valence-corrected chi connectivity index (χ3v) is 9.78. The Morgan fingerprint density at radius 2 is 1.55 bits per heavy atom. The van der Waals surface area contributed by atoms with Crippen molar-refractivity contribution < 1.29 is 38.1 Å². The summed E-state index contributed by atoms with van der Waals surface area (Å²) >= 11 is 0. The highest BCUT2D eigenvalue weighted by molar-refractivity contribution is 5.92. The number of hydrogen-bond donors (Lipinski definition) is 4. The minimum atomic E-state index is -1.01. The van der Waals surface area contributed by atoms with Crippen LogP contribution in [0.1, 0.15) is 62.6 Å². The summed E-state index contributed by atoms with van der Waals surface area (Å²) in [5.74, 6) is 0.403. The molecule has 0 radical (unpaired) electrons. The van der Waals surface area contributed by atoms with E-state index in [4.69, 9.17) is 18.9 Å². The third kappa shape index (κ3) is 11.7. The largest absolute Gasteiger partial charge is 0.490 e. The van der Waals surface area contributed by atoms with Gasteiger partial charge in [0.1, 0.15) is 24.4 Å². The van der Waals surface area contributed by atoms with Gasteiger partial charge in [-0.25, -0.2) is 0 Å². The standard InChI is InChI=1S/C41H52N4O8/c1-4-51-35-12-8-11-31-25-52-33-19-15-28(16-20-33)21-22-42-40(48)34(23-29-9-6-5-7-10-29)44-41(49)38(27(2)50-3)45-36(46)24-30-13-17-32(18-14-30)43-37(47)26-53-39(31)35/h5-12,15-16,19-20,27,30,32,34,38H,4,13-14,17-18,21-26H2,1-3H3,(H,42,48)(H,43,47)(H,44,49)(H,45,46)/t27-,30?,32?,34-,38+/m1/s1. The van der Waals surface area contributed by atoms with Crippen LogP contribution in [0.15, 0.2) is 72.8 Å². The molecule has 3 aromatic rings. The van der Waals surface area contributed by atoms with E-state index < -0.39 is 24.1 Å². The molecule has 1 saturated carbocycles. The van der Waals surface area contributed by atoms with Gasteiger partial charge in [-0.15, -0.1) is 0 Å². The van der Waals surface area contributed by atoms with Crippen LogP contribution in [0.25, 0.3) is 0 Å². The van der Waals surface area contributed by atoms with Crippen LogP contribution in [0.5, 0.6) is 17.2 Å². The fourth-order valence-corrected chi connectivity index (χ4v) is 6.74. The average molecular weight is 729 g/mol. The van der Waals surface area contributed by atoms with Crippen LogP contribution in [0.3, 0.4) is 0 Å². The molecular weight excluding hydrogens is 676 g/mol. The van der Waals surface area contributed by atoms with Gasteiger partial charge in [0.2, 0.25) is 17.7 Å². The van der Waals surface area contributed by atoms with Crippen molar-refractivity contribution in [3.05, 3.63) is 89.5 Å². The molecule has 5 aliphatic rings. The van der Waals surface area contributed by atoms with Crippen molar-refractivity contribution in [2.24, 2.45) is 5.92 Å². The number of benzene rings is 3. The molecule has 0 spiro atoms. The van der Waals surface area contributed by atoms with Crippen LogP contribution in [0.2, 0.25) is 0 Å².